The van der Waals surface area contributed by atoms with Crippen LogP contribution in [0.3, 0.4) is 0 Å². The highest BCUT2D eigenvalue weighted by Gasteiger charge is 2.06. The molecule has 18 heavy (non-hydrogen) atoms. The fourth-order valence-electron chi connectivity index (χ4n) is 1.77. The van der Waals surface area contributed by atoms with Crippen molar-refractivity contribution < 1.29 is 4.79 Å². The van der Waals surface area contributed by atoms with E-state index in [4.69, 9.17) is 5.73 Å². The van der Waals surface area contributed by atoms with Crippen LogP contribution in [0.5, 0.6) is 0 Å². The number of nitrogen functional groups attached to an aromatic ring is 1. The summed E-state index contributed by atoms with van der Waals surface area (Å²) in [6, 6.07) is 7.12. The second kappa shape index (κ2) is 5.35. The third-order valence-corrected chi connectivity index (χ3v) is 2.60. The monoisotopic (exact) mass is 244 g/mol. The van der Waals surface area contributed by atoms with Crippen LogP contribution in [0.2, 0.25) is 0 Å². The van der Waals surface area contributed by atoms with E-state index < -0.39 is 0 Å². The largest absolute Gasteiger partial charge is 0.399 e. The van der Waals surface area contributed by atoms with Gasteiger partial charge in [-0.1, -0.05) is 13.0 Å². The maximum absolute atomic E-state index is 11.9. The first-order chi connectivity index (χ1) is 8.69. The number of nitrogens with two attached hydrogens (primary N) is 1. The molecule has 5 heteroatoms. The fourth-order valence-corrected chi connectivity index (χ4v) is 1.77. The molecule has 1 amide bonds. The fraction of sp³-hybridized carbons (Fsp3) is 0.231. The molecule has 0 aliphatic rings. The maximum atomic E-state index is 11.9. The molecule has 0 spiro atoms. The van der Waals surface area contributed by atoms with E-state index in [0.717, 1.165) is 12.2 Å². The highest BCUT2D eigenvalue weighted by molar-refractivity contribution is 5.91. The van der Waals surface area contributed by atoms with Gasteiger partial charge < -0.3 is 15.6 Å². The lowest BCUT2D eigenvalue weighted by atomic mass is 10.3. The Bertz CT molecular complexity index is 547. The van der Waals surface area contributed by atoms with Gasteiger partial charge in [0, 0.05) is 30.2 Å². The first-order valence-corrected chi connectivity index (χ1v) is 5.84. The molecule has 0 saturated heterocycles. The van der Waals surface area contributed by atoms with Crippen molar-refractivity contribution in [2.45, 2.75) is 19.9 Å². The summed E-state index contributed by atoms with van der Waals surface area (Å²) < 4.78 is 1.83. The van der Waals surface area contributed by atoms with Crippen LogP contribution in [-0.2, 0) is 17.8 Å². The van der Waals surface area contributed by atoms with E-state index in [0.29, 0.717) is 11.4 Å². The van der Waals surface area contributed by atoms with Gasteiger partial charge in [-0.05, 0) is 18.2 Å². The Morgan fingerprint density at radius 3 is 3.06 bits per heavy atom. The summed E-state index contributed by atoms with van der Waals surface area (Å²) >= 11 is 0. The molecule has 1 heterocycles. The Labute approximate surface area is 106 Å². The molecule has 0 radical (unpaired) electrons. The van der Waals surface area contributed by atoms with Gasteiger partial charge >= 0.3 is 0 Å². The Morgan fingerprint density at radius 1 is 1.50 bits per heavy atom. The van der Waals surface area contributed by atoms with Gasteiger partial charge in [-0.3, -0.25) is 4.79 Å². The van der Waals surface area contributed by atoms with Crippen molar-refractivity contribution >= 4 is 17.3 Å². The van der Waals surface area contributed by atoms with Crippen molar-refractivity contribution in [3.05, 3.63) is 42.5 Å². The average molecular weight is 244 g/mol. The van der Waals surface area contributed by atoms with E-state index in [1.54, 1.807) is 30.6 Å². The van der Waals surface area contributed by atoms with E-state index in [9.17, 15) is 4.79 Å². The summed E-state index contributed by atoms with van der Waals surface area (Å²) in [6.07, 6.45) is 4.31. The van der Waals surface area contributed by atoms with Gasteiger partial charge in [0.05, 0.1) is 0 Å². The average Bonchev–Trinajstić information content (AvgIpc) is 2.76. The first kappa shape index (κ1) is 12.2. The zero-order chi connectivity index (χ0) is 13.0. The highest BCUT2D eigenvalue weighted by atomic mass is 16.1. The molecule has 0 saturated carbocycles. The Hall–Kier alpha value is -2.30. The number of hydrogen-bond acceptors (Lipinski definition) is 3. The van der Waals surface area contributed by atoms with Gasteiger partial charge in [0.2, 0.25) is 5.91 Å². The van der Waals surface area contributed by atoms with Gasteiger partial charge in [-0.25, -0.2) is 4.98 Å². The van der Waals surface area contributed by atoms with Crippen LogP contribution >= 0.6 is 0 Å². The van der Waals surface area contributed by atoms with Crippen molar-refractivity contribution in [2.75, 3.05) is 11.1 Å². The van der Waals surface area contributed by atoms with Crippen LogP contribution in [0.15, 0.2) is 36.7 Å². The van der Waals surface area contributed by atoms with Crippen LogP contribution in [0, 0.1) is 0 Å². The number of imidazole rings is 1. The molecule has 0 unspecified atom stereocenters. The van der Waals surface area contributed by atoms with Gasteiger partial charge in [0.25, 0.3) is 0 Å². The molecule has 94 valence electrons. The molecule has 0 atom stereocenters. The molecule has 0 bridgehead atoms. The molecule has 1 aromatic carbocycles. The number of aromatic nitrogens is 2. The SMILES string of the molecule is CCc1nccn1CC(=O)Nc1cccc(N)c1. The number of carbonyl (C=O) groups excluding carboxylic acids is 1. The number of nitrogens with one attached hydrogen (secondary N) is 1. The van der Waals surface area contributed by atoms with Crippen LogP contribution in [0.1, 0.15) is 12.7 Å². The Balaban J connectivity index is 2.01. The summed E-state index contributed by atoms with van der Waals surface area (Å²) in [7, 11) is 0. The van der Waals surface area contributed by atoms with E-state index in [1.165, 1.54) is 0 Å². The van der Waals surface area contributed by atoms with Crippen molar-refractivity contribution in [2.24, 2.45) is 0 Å². The highest BCUT2D eigenvalue weighted by Crippen LogP contribution is 2.11. The number of aryl methyl sites for hydroxylation is 1. The topological polar surface area (TPSA) is 72.9 Å². The van der Waals surface area contributed by atoms with E-state index >= 15 is 0 Å². The Kier molecular flexibility index (Phi) is 3.62. The molecule has 3 N–H and O–H groups in total. The predicted octanol–water partition coefficient (Wildman–Crippen LogP) is 1.67. The van der Waals surface area contributed by atoms with Crippen molar-refractivity contribution in [3.63, 3.8) is 0 Å². The van der Waals surface area contributed by atoms with E-state index in [1.807, 2.05) is 17.6 Å². The minimum Gasteiger partial charge on any atom is -0.399 e. The second-order valence-electron chi connectivity index (χ2n) is 4.00. The Morgan fingerprint density at radius 2 is 2.33 bits per heavy atom. The first-order valence-electron chi connectivity index (χ1n) is 5.84. The number of hydrogen-bond donors (Lipinski definition) is 2. The van der Waals surface area contributed by atoms with Crippen LogP contribution in [0.4, 0.5) is 11.4 Å². The number of nitrogens with zero attached hydrogens (tertiary/aromatic N) is 2. The molecular formula is C13H16N4O. The van der Waals surface area contributed by atoms with E-state index in [2.05, 4.69) is 10.3 Å². The summed E-state index contributed by atoms with van der Waals surface area (Å²) in [5.74, 6) is 0.811. The number of amides is 1. The number of benzene rings is 1. The maximum Gasteiger partial charge on any atom is 0.244 e. The molecule has 0 aliphatic carbocycles. The van der Waals surface area contributed by atoms with Gasteiger partial charge in [-0.15, -0.1) is 0 Å². The summed E-state index contributed by atoms with van der Waals surface area (Å²) in [6.45, 7) is 2.27. The minimum atomic E-state index is -0.0895. The molecule has 0 fully saturated rings. The summed E-state index contributed by atoms with van der Waals surface area (Å²) in [4.78, 5) is 16.0. The molecular weight excluding hydrogens is 228 g/mol. The lowest BCUT2D eigenvalue weighted by Crippen LogP contribution is -2.19. The van der Waals surface area contributed by atoms with E-state index in [-0.39, 0.29) is 12.5 Å². The summed E-state index contributed by atoms with van der Waals surface area (Å²) in [5.41, 5.74) is 6.99. The third-order valence-electron chi connectivity index (χ3n) is 2.60. The van der Waals surface area contributed by atoms with Crippen LogP contribution < -0.4 is 11.1 Å². The quantitative estimate of drug-likeness (QED) is 0.803. The predicted molar refractivity (Wildman–Crippen MR) is 71.1 cm³/mol. The summed E-state index contributed by atoms with van der Waals surface area (Å²) in [5, 5.41) is 2.80. The molecule has 5 nitrogen and oxygen atoms in total. The zero-order valence-electron chi connectivity index (χ0n) is 10.3. The lowest BCUT2D eigenvalue weighted by molar-refractivity contribution is -0.116. The number of rotatable bonds is 4. The second-order valence-corrected chi connectivity index (χ2v) is 4.00. The molecule has 2 rings (SSSR count). The van der Waals surface area contributed by atoms with Crippen molar-refractivity contribution in [1.29, 1.82) is 0 Å². The molecule has 0 aliphatic heterocycles. The lowest BCUT2D eigenvalue weighted by Gasteiger charge is -2.08. The molecule has 2 aromatic rings. The third kappa shape index (κ3) is 2.88. The number of carbonyl (C=O) groups is 1. The number of anilines is 2. The van der Waals surface area contributed by atoms with Crippen LogP contribution in [-0.4, -0.2) is 15.5 Å². The van der Waals surface area contributed by atoms with Gasteiger partial charge in [-0.2, -0.15) is 0 Å². The van der Waals surface area contributed by atoms with Crippen molar-refractivity contribution in [1.82, 2.24) is 9.55 Å². The van der Waals surface area contributed by atoms with Gasteiger partial charge in [0.15, 0.2) is 0 Å². The standard InChI is InChI=1S/C13H16N4O/c1-2-12-15-6-7-17(12)9-13(18)16-11-5-3-4-10(14)8-11/h3-8H,2,9,14H2,1H3,(H,16,18). The zero-order valence-corrected chi connectivity index (χ0v) is 10.3. The molecule has 1 aromatic heterocycles. The normalized spacial score (nSPS) is 10.3. The minimum absolute atomic E-state index is 0.0895. The van der Waals surface area contributed by atoms with Crippen molar-refractivity contribution in [3.8, 4) is 0 Å². The smallest absolute Gasteiger partial charge is 0.244 e. The van der Waals surface area contributed by atoms with Crippen LogP contribution in [0.25, 0.3) is 0 Å². The van der Waals surface area contributed by atoms with Gasteiger partial charge in [0.1, 0.15) is 12.4 Å².